The number of allylic oxidation sites excluding steroid dienone is 1. The van der Waals surface area contributed by atoms with E-state index in [1.807, 2.05) is 18.2 Å². The van der Waals surface area contributed by atoms with Crippen LogP contribution in [0.15, 0.2) is 36.6 Å². The third kappa shape index (κ3) is 3.50. The van der Waals surface area contributed by atoms with Crippen molar-refractivity contribution in [3.63, 3.8) is 0 Å². The minimum atomic E-state index is -0.851. The first-order valence-corrected chi connectivity index (χ1v) is 6.67. The van der Waals surface area contributed by atoms with Crippen LogP contribution in [0.3, 0.4) is 0 Å². The van der Waals surface area contributed by atoms with E-state index in [4.69, 9.17) is 9.84 Å². The second kappa shape index (κ2) is 5.16. The van der Waals surface area contributed by atoms with E-state index in [-0.39, 0.29) is 11.8 Å². The molecule has 1 aliphatic rings. The van der Waals surface area contributed by atoms with Gasteiger partial charge in [-0.2, -0.15) is 0 Å². The van der Waals surface area contributed by atoms with E-state index in [1.165, 1.54) is 5.56 Å². The van der Waals surface area contributed by atoms with Gasteiger partial charge in [-0.05, 0) is 35.1 Å². The third-order valence-corrected chi connectivity index (χ3v) is 3.04. The lowest BCUT2D eigenvalue weighted by Gasteiger charge is -2.22. The zero-order valence-electron chi connectivity index (χ0n) is 12.2. The van der Waals surface area contributed by atoms with E-state index in [9.17, 15) is 4.79 Å². The van der Waals surface area contributed by atoms with Gasteiger partial charge >= 0.3 is 5.97 Å². The Balaban J connectivity index is 2.35. The first kappa shape index (κ1) is 14.4. The number of carbonyl (C=O) groups is 1. The lowest BCUT2D eigenvalue weighted by Crippen LogP contribution is -2.11. The average molecular weight is 272 g/mol. The lowest BCUT2D eigenvalue weighted by atomic mass is 9.87. The van der Waals surface area contributed by atoms with Crippen LogP contribution in [0.2, 0.25) is 0 Å². The van der Waals surface area contributed by atoms with E-state index in [2.05, 4.69) is 27.4 Å². The summed E-state index contributed by atoms with van der Waals surface area (Å²) in [4.78, 5) is 10.9. The molecule has 106 valence electrons. The molecular weight excluding hydrogens is 252 g/mol. The van der Waals surface area contributed by atoms with Crippen molar-refractivity contribution in [1.29, 1.82) is 0 Å². The molecule has 1 N–H and O–H groups in total. The molecule has 0 fully saturated rings. The topological polar surface area (TPSA) is 46.5 Å². The van der Waals surface area contributed by atoms with Gasteiger partial charge in [0.25, 0.3) is 0 Å². The minimum Gasteiger partial charge on any atom is -0.481 e. The first-order valence-electron chi connectivity index (χ1n) is 6.67. The molecule has 1 aromatic rings. The maximum absolute atomic E-state index is 10.9. The molecule has 0 aliphatic carbocycles. The van der Waals surface area contributed by atoms with E-state index < -0.39 is 5.97 Å². The summed E-state index contributed by atoms with van der Waals surface area (Å²) < 4.78 is 5.63. The van der Waals surface area contributed by atoms with Gasteiger partial charge in [0.2, 0.25) is 0 Å². The summed E-state index contributed by atoms with van der Waals surface area (Å²) >= 11 is 0. The molecule has 0 radical (unpaired) electrons. The van der Waals surface area contributed by atoms with Crippen LogP contribution in [0.1, 0.15) is 38.3 Å². The number of carboxylic acid groups (broad SMARTS) is 1. The summed E-state index contributed by atoms with van der Waals surface area (Å²) in [5, 5.41) is 8.97. The van der Waals surface area contributed by atoms with Crippen LogP contribution in [0.5, 0.6) is 5.75 Å². The number of rotatable bonds is 3. The molecule has 0 atom stereocenters. The van der Waals surface area contributed by atoms with Crippen molar-refractivity contribution >= 4 is 11.5 Å². The van der Waals surface area contributed by atoms with Crippen LogP contribution in [-0.2, 0) is 11.2 Å². The monoisotopic (exact) mass is 272 g/mol. The van der Waals surface area contributed by atoms with E-state index >= 15 is 0 Å². The highest BCUT2D eigenvalue weighted by Gasteiger charge is 2.20. The second-order valence-corrected chi connectivity index (χ2v) is 6.38. The fourth-order valence-corrected chi connectivity index (χ4v) is 2.39. The summed E-state index contributed by atoms with van der Waals surface area (Å²) in [6.45, 7) is 10.3. The van der Waals surface area contributed by atoms with Crippen LogP contribution in [0.4, 0.5) is 0 Å². The zero-order chi connectivity index (χ0) is 14.9. The third-order valence-electron chi connectivity index (χ3n) is 3.04. The fraction of sp³-hybridized carbons (Fsp3) is 0.353. The van der Waals surface area contributed by atoms with Crippen LogP contribution >= 0.6 is 0 Å². The van der Waals surface area contributed by atoms with Crippen molar-refractivity contribution < 1.29 is 14.6 Å². The molecule has 0 spiro atoms. The maximum Gasteiger partial charge on any atom is 0.307 e. The minimum absolute atomic E-state index is 0.0198. The molecule has 0 saturated heterocycles. The van der Waals surface area contributed by atoms with Crippen molar-refractivity contribution in [3.05, 3.63) is 47.7 Å². The van der Waals surface area contributed by atoms with Crippen LogP contribution in [0, 0.1) is 5.41 Å². The molecule has 1 aromatic carbocycles. The summed E-state index contributed by atoms with van der Waals surface area (Å²) in [5.74, 6) is 0.341. The van der Waals surface area contributed by atoms with E-state index in [0.717, 1.165) is 17.6 Å². The Morgan fingerprint density at radius 3 is 2.65 bits per heavy atom. The van der Waals surface area contributed by atoms with E-state index in [0.29, 0.717) is 11.5 Å². The van der Waals surface area contributed by atoms with Crippen LogP contribution in [0.25, 0.3) is 5.57 Å². The van der Waals surface area contributed by atoms with Gasteiger partial charge in [0.15, 0.2) is 0 Å². The molecule has 0 saturated carbocycles. The lowest BCUT2D eigenvalue weighted by molar-refractivity contribution is -0.135. The fourth-order valence-electron chi connectivity index (χ4n) is 2.39. The van der Waals surface area contributed by atoms with Crippen molar-refractivity contribution in [2.24, 2.45) is 5.41 Å². The molecule has 0 amide bonds. The predicted octanol–water partition coefficient (Wildman–Crippen LogP) is 4.04. The van der Waals surface area contributed by atoms with Crippen molar-refractivity contribution in [2.75, 3.05) is 0 Å². The number of hydrogen-bond donors (Lipinski definition) is 1. The number of benzene rings is 1. The summed E-state index contributed by atoms with van der Waals surface area (Å²) in [5.41, 5.74) is 2.96. The average Bonchev–Trinajstić information content (AvgIpc) is 2.24. The SMILES string of the molecule is C=C1C=C(CC(=O)O)c2ccc(CC(C)(C)C)cc2O1. The predicted molar refractivity (Wildman–Crippen MR) is 79.6 cm³/mol. The molecule has 3 nitrogen and oxygen atoms in total. The van der Waals surface area contributed by atoms with Gasteiger partial charge in [-0.3, -0.25) is 4.79 Å². The Labute approximate surface area is 119 Å². The summed E-state index contributed by atoms with van der Waals surface area (Å²) in [6, 6.07) is 5.97. The van der Waals surface area contributed by atoms with Gasteiger partial charge in [-0.25, -0.2) is 0 Å². The zero-order valence-corrected chi connectivity index (χ0v) is 12.2. The van der Waals surface area contributed by atoms with Crippen LogP contribution < -0.4 is 4.74 Å². The molecule has 0 aromatic heterocycles. The van der Waals surface area contributed by atoms with Gasteiger partial charge in [0.05, 0.1) is 6.42 Å². The molecule has 1 aliphatic heterocycles. The van der Waals surface area contributed by atoms with E-state index in [1.54, 1.807) is 6.08 Å². The highest BCUT2D eigenvalue weighted by atomic mass is 16.5. The molecule has 2 rings (SSSR count). The highest BCUT2D eigenvalue weighted by molar-refractivity contribution is 5.87. The number of hydrogen-bond acceptors (Lipinski definition) is 2. The molecule has 0 bridgehead atoms. The number of carboxylic acids is 1. The number of aliphatic carboxylic acids is 1. The van der Waals surface area contributed by atoms with Gasteiger partial charge < -0.3 is 9.84 Å². The van der Waals surface area contributed by atoms with Gasteiger partial charge in [-0.1, -0.05) is 39.5 Å². The molecule has 0 unspecified atom stereocenters. The van der Waals surface area contributed by atoms with Crippen LogP contribution in [-0.4, -0.2) is 11.1 Å². The first-order chi connectivity index (χ1) is 9.24. The smallest absolute Gasteiger partial charge is 0.307 e. The van der Waals surface area contributed by atoms with Crippen molar-refractivity contribution in [1.82, 2.24) is 0 Å². The molecule has 3 heteroatoms. The largest absolute Gasteiger partial charge is 0.481 e. The molecular formula is C17H20O3. The van der Waals surface area contributed by atoms with Gasteiger partial charge in [0, 0.05) is 5.56 Å². The Hall–Kier alpha value is -2.03. The highest BCUT2D eigenvalue weighted by Crippen LogP contribution is 2.36. The molecule has 20 heavy (non-hydrogen) atoms. The number of ether oxygens (including phenoxy) is 1. The summed E-state index contributed by atoms with van der Waals surface area (Å²) in [7, 11) is 0. The Morgan fingerprint density at radius 2 is 2.05 bits per heavy atom. The van der Waals surface area contributed by atoms with Crippen molar-refractivity contribution in [2.45, 2.75) is 33.6 Å². The second-order valence-electron chi connectivity index (χ2n) is 6.38. The maximum atomic E-state index is 10.9. The van der Waals surface area contributed by atoms with Gasteiger partial charge in [0.1, 0.15) is 11.5 Å². The van der Waals surface area contributed by atoms with Gasteiger partial charge in [-0.15, -0.1) is 0 Å². The Kier molecular flexibility index (Phi) is 3.71. The summed E-state index contributed by atoms with van der Waals surface area (Å²) in [6.07, 6.45) is 2.61. The normalized spacial score (nSPS) is 14.3. The standard InChI is InChI=1S/C17H20O3/c1-11-7-13(9-16(18)19)14-6-5-12(8-15(14)20-11)10-17(2,3)4/h5-8H,1,9-10H2,2-4H3,(H,18,19). The Bertz CT molecular complexity index is 589. The molecule has 1 heterocycles. The number of fused-ring (bicyclic) bond motifs is 1. The van der Waals surface area contributed by atoms with Crippen molar-refractivity contribution in [3.8, 4) is 5.75 Å². The Morgan fingerprint density at radius 1 is 1.35 bits per heavy atom. The quantitative estimate of drug-likeness (QED) is 0.903.